The molecule has 1 aliphatic carbocycles. The molecular formula is C19H21N3O3S. The largest absolute Gasteiger partial charge is 0.386 e. The molecule has 1 aliphatic rings. The highest BCUT2D eigenvalue weighted by molar-refractivity contribution is 7.84. The van der Waals surface area contributed by atoms with Crippen LogP contribution in [0.2, 0.25) is 0 Å². The molecule has 4 rings (SSSR count). The number of rotatable bonds is 6. The van der Waals surface area contributed by atoms with Gasteiger partial charge in [0.2, 0.25) is 0 Å². The van der Waals surface area contributed by atoms with Gasteiger partial charge in [-0.05, 0) is 43.5 Å². The fraction of sp³-hybridized carbons (Fsp3) is 0.368. The fourth-order valence-electron chi connectivity index (χ4n) is 2.96. The summed E-state index contributed by atoms with van der Waals surface area (Å²) in [4.78, 5) is 5.23. The SMILES string of the molecule is CS(=O)c1cccc(-n2ncc3cc([C@@H](O)COC4CCC4)cnc32)c1. The van der Waals surface area contributed by atoms with E-state index in [1.54, 1.807) is 23.3 Å². The molecule has 6 nitrogen and oxygen atoms in total. The number of hydrogen-bond donors (Lipinski definition) is 1. The van der Waals surface area contributed by atoms with Gasteiger partial charge in [0.05, 0.1) is 24.6 Å². The number of benzene rings is 1. The quantitative estimate of drug-likeness (QED) is 0.721. The topological polar surface area (TPSA) is 77.2 Å². The van der Waals surface area contributed by atoms with E-state index in [1.165, 1.54) is 6.42 Å². The Morgan fingerprint density at radius 2 is 2.19 bits per heavy atom. The van der Waals surface area contributed by atoms with E-state index in [2.05, 4.69) is 10.1 Å². The third-order valence-corrected chi connectivity index (χ3v) is 5.67. The van der Waals surface area contributed by atoms with Crippen LogP contribution in [0.3, 0.4) is 0 Å². The first-order valence-electron chi connectivity index (χ1n) is 8.69. The van der Waals surface area contributed by atoms with Gasteiger partial charge in [-0.1, -0.05) is 6.07 Å². The van der Waals surface area contributed by atoms with Gasteiger partial charge in [0, 0.05) is 39.1 Å². The highest BCUT2D eigenvalue weighted by Gasteiger charge is 2.20. The summed E-state index contributed by atoms with van der Waals surface area (Å²) in [6.07, 6.45) is 8.01. The standard InChI is InChI=1S/C19H21N3O3S/c1-26(24)17-7-2-4-15(9-17)22-19-14(11-21-22)8-13(10-20-19)18(23)12-25-16-5-3-6-16/h2,4,7-11,16,18,23H,3,5-6,12H2,1H3/t18-,26?/m0/s1. The first-order valence-corrected chi connectivity index (χ1v) is 10.2. The number of nitrogens with zero attached hydrogens (tertiary/aromatic N) is 3. The summed E-state index contributed by atoms with van der Waals surface area (Å²) in [5.41, 5.74) is 2.22. The molecule has 2 atom stereocenters. The van der Waals surface area contributed by atoms with Crippen LogP contribution in [0.1, 0.15) is 30.9 Å². The summed E-state index contributed by atoms with van der Waals surface area (Å²) >= 11 is 0. The van der Waals surface area contributed by atoms with Gasteiger partial charge in [0.1, 0.15) is 6.10 Å². The summed E-state index contributed by atoms with van der Waals surface area (Å²) < 4.78 is 19.1. The van der Waals surface area contributed by atoms with E-state index >= 15 is 0 Å². The summed E-state index contributed by atoms with van der Waals surface area (Å²) in [6, 6.07) is 9.33. The lowest BCUT2D eigenvalue weighted by Gasteiger charge is -2.26. The predicted molar refractivity (Wildman–Crippen MR) is 99.7 cm³/mol. The van der Waals surface area contributed by atoms with Crippen molar-refractivity contribution in [2.45, 2.75) is 36.4 Å². The molecule has 0 amide bonds. The van der Waals surface area contributed by atoms with E-state index < -0.39 is 16.9 Å². The van der Waals surface area contributed by atoms with Crippen LogP contribution in [0.25, 0.3) is 16.7 Å². The predicted octanol–water partition coefficient (Wildman–Crippen LogP) is 2.76. The van der Waals surface area contributed by atoms with E-state index in [4.69, 9.17) is 4.74 Å². The van der Waals surface area contributed by atoms with Crippen molar-refractivity contribution in [2.75, 3.05) is 12.9 Å². The second-order valence-electron chi connectivity index (χ2n) is 6.59. The van der Waals surface area contributed by atoms with Gasteiger partial charge in [0.15, 0.2) is 5.65 Å². The number of aliphatic hydroxyl groups excluding tert-OH is 1. The van der Waals surface area contributed by atoms with Gasteiger partial charge < -0.3 is 9.84 Å². The Balaban J connectivity index is 1.59. The van der Waals surface area contributed by atoms with Crippen LogP contribution < -0.4 is 0 Å². The summed E-state index contributed by atoms with van der Waals surface area (Å²) in [6.45, 7) is 0.288. The molecule has 2 aromatic heterocycles. The molecule has 26 heavy (non-hydrogen) atoms. The molecule has 2 heterocycles. The van der Waals surface area contributed by atoms with Crippen LogP contribution in [0.15, 0.2) is 47.6 Å². The number of aliphatic hydroxyl groups is 1. The third-order valence-electron chi connectivity index (χ3n) is 4.75. The molecule has 0 aliphatic heterocycles. The minimum atomic E-state index is -1.06. The molecule has 7 heteroatoms. The van der Waals surface area contributed by atoms with Crippen LogP contribution in [0.5, 0.6) is 0 Å². The zero-order valence-corrected chi connectivity index (χ0v) is 15.4. The smallest absolute Gasteiger partial charge is 0.162 e. The van der Waals surface area contributed by atoms with Crippen molar-refractivity contribution < 1.29 is 14.1 Å². The first kappa shape index (κ1) is 17.3. The molecular weight excluding hydrogens is 350 g/mol. The van der Waals surface area contributed by atoms with Crippen LogP contribution in [-0.4, -0.2) is 43.0 Å². The lowest BCUT2D eigenvalue weighted by atomic mass is 9.96. The Labute approximate surface area is 154 Å². The summed E-state index contributed by atoms with van der Waals surface area (Å²) in [7, 11) is -1.06. The van der Waals surface area contributed by atoms with Gasteiger partial charge in [-0.3, -0.25) is 4.21 Å². The van der Waals surface area contributed by atoms with Crippen molar-refractivity contribution in [1.29, 1.82) is 0 Å². The zero-order valence-electron chi connectivity index (χ0n) is 14.5. The van der Waals surface area contributed by atoms with Gasteiger partial charge in [-0.25, -0.2) is 9.67 Å². The molecule has 0 radical (unpaired) electrons. The number of hydrogen-bond acceptors (Lipinski definition) is 5. The Hall–Kier alpha value is -2.09. The van der Waals surface area contributed by atoms with E-state index in [9.17, 15) is 9.32 Å². The highest BCUT2D eigenvalue weighted by Crippen LogP contribution is 2.25. The highest BCUT2D eigenvalue weighted by atomic mass is 32.2. The molecule has 1 fully saturated rings. The van der Waals surface area contributed by atoms with Crippen LogP contribution in [0.4, 0.5) is 0 Å². The molecule has 1 aromatic carbocycles. The molecule has 0 saturated heterocycles. The van der Waals surface area contributed by atoms with Crippen molar-refractivity contribution in [3.8, 4) is 5.69 Å². The van der Waals surface area contributed by atoms with Crippen LogP contribution in [0, 0.1) is 0 Å². The minimum absolute atomic E-state index is 0.288. The van der Waals surface area contributed by atoms with Gasteiger partial charge in [-0.15, -0.1) is 0 Å². The number of fused-ring (bicyclic) bond motifs is 1. The average molecular weight is 371 g/mol. The Morgan fingerprint density at radius 1 is 1.35 bits per heavy atom. The maximum absolute atomic E-state index is 11.7. The second kappa shape index (κ2) is 7.26. The minimum Gasteiger partial charge on any atom is -0.386 e. The normalized spacial score (nSPS) is 17.2. The summed E-state index contributed by atoms with van der Waals surface area (Å²) in [5, 5.41) is 15.6. The second-order valence-corrected chi connectivity index (χ2v) is 7.97. The average Bonchev–Trinajstić information content (AvgIpc) is 3.03. The van der Waals surface area contributed by atoms with Gasteiger partial charge in [-0.2, -0.15) is 5.10 Å². The molecule has 0 spiro atoms. The lowest BCUT2D eigenvalue weighted by Crippen LogP contribution is -2.24. The lowest BCUT2D eigenvalue weighted by molar-refractivity contribution is -0.0427. The monoisotopic (exact) mass is 371 g/mol. The first-order chi connectivity index (χ1) is 12.6. The Morgan fingerprint density at radius 3 is 2.92 bits per heavy atom. The number of aromatic nitrogens is 3. The van der Waals surface area contributed by atoms with Gasteiger partial charge in [0.25, 0.3) is 0 Å². The zero-order chi connectivity index (χ0) is 18.1. The third kappa shape index (κ3) is 3.42. The Bertz CT molecular complexity index is 952. The van der Waals surface area contributed by atoms with E-state index in [0.717, 1.165) is 34.4 Å². The van der Waals surface area contributed by atoms with Crippen LogP contribution >= 0.6 is 0 Å². The molecule has 0 bridgehead atoms. The molecule has 3 aromatic rings. The summed E-state index contributed by atoms with van der Waals surface area (Å²) in [5.74, 6) is 0. The fourth-order valence-corrected chi connectivity index (χ4v) is 3.52. The molecule has 1 N–H and O–H groups in total. The molecule has 1 saturated carbocycles. The van der Waals surface area contributed by atoms with E-state index in [-0.39, 0.29) is 6.61 Å². The van der Waals surface area contributed by atoms with E-state index in [1.807, 2.05) is 30.3 Å². The number of ether oxygens (including phenoxy) is 1. The van der Waals surface area contributed by atoms with Crippen molar-refractivity contribution in [2.24, 2.45) is 0 Å². The van der Waals surface area contributed by atoms with Gasteiger partial charge >= 0.3 is 0 Å². The van der Waals surface area contributed by atoms with E-state index in [0.29, 0.717) is 11.8 Å². The number of pyridine rings is 1. The molecule has 136 valence electrons. The van der Waals surface area contributed by atoms with Crippen LogP contribution in [-0.2, 0) is 15.5 Å². The Kier molecular flexibility index (Phi) is 4.84. The maximum Gasteiger partial charge on any atom is 0.162 e. The van der Waals surface area contributed by atoms with Crippen molar-refractivity contribution in [3.63, 3.8) is 0 Å². The molecule has 1 unspecified atom stereocenters. The van der Waals surface area contributed by atoms with Crippen molar-refractivity contribution in [1.82, 2.24) is 14.8 Å². The van der Waals surface area contributed by atoms with Crippen molar-refractivity contribution in [3.05, 3.63) is 48.3 Å². The van der Waals surface area contributed by atoms with Crippen molar-refractivity contribution >= 4 is 21.8 Å². The maximum atomic E-state index is 11.7.